The first-order valence-electron chi connectivity index (χ1n) is 8.97. The predicted octanol–water partition coefficient (Wildman–Crippen LogP) is 2.91. The van der Waals surface area contributed by atoms with Crippen LogP contribution in [0, 0.1) is 11.7 Å². The minimum atomic E-state index is -0.773. The van der Waals surface area contributed by atoms with Gasteiger partial charge >= 0.3 is 5.97 Å². The van der Waals surface area contributed by atoms with E-state index in [0.717, 1.165) is 6.42 Å². The molecule has 0 bridgehead atoms. The summed E-state index contributed by atoms with van der Waals surface area (Å²) in [7, 11) is 1.35. The van der Waals surface area contributed by atoms with E-state index >= 15 is 0 Å². The van der Waals surface area contributed by atoms with Crippen molar-refractivity contribution in [3.05, 3.63) is 42.2 Å². The highest BCUT2D eigenvalue weighted by molar-refractivity contribution is 5.80. The van der Waals surface area contributed by atoms with Crippen LogP contribution >= 0.6 is 0 Å². The first kappa shape index (κ1) is 22.6. The van der Waals surface area contributed by atoms with E-state index in [-0.39, 0.29) is 25.4 Å². The summed E-state index contributed by atoms with van der Waals surface area (Å²) in [4.78, 5) is 24.4. The molecule has 0 aliphatic rings. The van der Waals surface area contributed by atoms with E-state index in [1.165, 1.54) is 19.2 Å². The molecule has 0 heterocycles. The number of aliphatic hydroxyl groups is 1. The number of benzene rings is 1. The lowest BCUT2D eigenvalue weighted by molar-refractivity contribution is -0.144. The molecule has 0 aliphatic carbocycles. The third-order valence-corrected chi connectivity index (χ3v) is 4.12. The standard InChI is InChI=1S/C20H28FNO5/c1-4-6-7-8-15(13-23)20(25)22-17(12-19(24)27-5-2)14-9-10-18(26-3)16(21)11-14/h4,9-11,15,17,23H,1,5-8,12-13H2,2-3H3,(H,22,25). The minimum absolute atomic E-state index is 0.0672. The Morgan fingerprint density at radius 1 is 1.41 bits per heavy atom. The fraction of sp³-hybridized carbons (Fsp3) is 0.500. The zero-order chi connectivity index (χ0) is 20.2. The molecule has 0 saturated heterocycles. The van der Waals surface area contributed by atoms with E-state index in [1.807, 2.05) is 0 Å². The number of unbranched alkanes of at least 4 members (excludes halogenated alkanes) is 1. The molecule has 150 valence electrons. The van der Waals surface area contributed by atoms with Gasteiger partial charge in [0.25, 0.3) is 0 Å². The lowest BCUT2D eigenvalue weighted by atomic mass is 9.98. The summed E-state index contributed by atoms with van der Waals surface area (Å²) < 4.78 is 23.9. The van der Waals surface area contributed by atoms with Crippen LogP contribution in [0.5, 0.6) is 5.75 Å². The van der Waals surface area contributed by atoms with Gasteiger partial charge < -0.3 is 19.9 Å². The van der Waals surface area contributed by atoms with Gasteiger partial charge in [-0.05, 0) is 43.9 Å². The van der Waals surface area contributed by atoms with Crippen LogP contribution < -0.4 is 10.1 Å². The summed E-state index contributed by atoms with van der Waals surface area (Å²) >= 11 is 0. The number of allylic oxidation sites excluding steroid dienone is 1. The Bertz CT molecular complexity index is 635. The van der Waals surface area contributed by atoms with Crippen molar-refractivity contribution in [2.24, 2.45) is 5.92 Å². The molecule has 1 amide bonds. The van der Waals surface area contributed by atoms with Crippen molar-refractivity contribution in [2.75, 3.05) is 20.3 Å². The third kappa shape index (κ3) is 7.38. The molecule has 0 fully saturated rings. The second kappa shape index (κ2) is 12.1. The molecular formula is C20H28FNO5. The summed E-state index contributed by atoms with van der Waals surface area (Å²) in [6.45, 7) is 5.20. The van der Waals surface area contributed by atoms with E-state index in [9.17, 15) is 19.1 Å². The molecule has 2 atom stereocenters. The highest BCUT2D eigenvalue weighted by Crippen LogP contribution is 2.25. The van der Waals surface area contributed by atoms with Gasteiger partial charge in [-0.15, -0.1) is 6.58 Å². The number of carbonyl (C=O) groups is 2. The van der Waals surface area contributed by atoms with Gasteiger partial charge in [-0.2, -0.15) is 0 Å². The molecule has 1 aromatic carbocycles. The van der Waals surface area contributed by atoms with Crippen LogP contribution in [0.15, 0.2) is 30.9 Å². The fourth-order valence-corrected chi connectivity index (χ4v) is 2.64. The van der Waals surface area contributed by atoms with Gasteiger partial charge in [0.2, 0.25) is 5.91 Å². The number of aliphatic hydroxyl groups excluding tert-OH is 1. The summed E-state index contributed by atoms with van der Waals surface area (Å²) in [5.74, 6) is -2.04. The molecule has 0 radical (unpaired) electrons. The highest BCUT2D eigenvalue weighted by Gasteiger charge is 2.24. The number of halogens is 1. The van der Waals surface area contributed by atoms with Crippen molar-refractivity contribution in [1.82, 2.24) is 5.32 Å². The van der Waals surface area contributed by atoms with Gasteiger partial charge in [-0.1, -0.05) is 12.1 Å². The van der Waals surface area contributed by atoms with Gasteiger partial charge in [0.1, 0.15) is 0 Å². The van der Waals surface area contributed by atoms with Crippen molar-refractivity contribution in [2.45, 2.75) is 38.6 Å². The molecule has 7 heteroatoms. The molecule has 6 nitrogen and oxygen atoms in total. The number of ether oxygens (including phenoxy) is 2. The fourth-order valence-electron chi connectivity index (χ4n) is 2.64. The van der Waals surface area contributed by atoms with Crippen LogP contribution in [0.2, 0.25) is 0 Å². The van der Waals surface area contributed by atoms with Crippen LogP contribution in [0.4, 0.5) is 4.39 Å². The number of methoxy groups -OCH3 is 1. The number of nitrogens with one attached hydrogen (secondary N) is 1. The zero-order valence-electron chi connectivity index (χ0n) is 15.9. The Balaban J connectivity index is 2.96. The molecule has 1 aromatic rings. The second-order valence-corrected chi connectivity index (χ2v) is 6.06. The van der Waals surface area contributed by atoms with Crippen molar-refractivity contribution >= 4 is 11.9 Å². The Kier molecular flexibility index (Phi) is 10.1. The van der Waals surface area contributed by atoms with E-state index in [2.05, 4.69) is 11.9 Å². The maximum absolute atomic E-state index is 14.1. The number of esters is 1. The second-order valence-electron chi connectivity index (χ2n) is 6.06. The molecule has 2 unspecified atom stereocenters. The Hall–Kier alpha value is -2.41. The highest BCUT2D eigenvalue weighted by atomic mass is 19.1. The molecule has 0 spiro atoms. The van der Waals surface area contributed by atoms with Gasteiger partial charge in [0.15, 0.2) is 11.6 Å². The largest absolute Gasteiger partial charge is 0.494 e. The van der Waals surface area contributed by atoms with Crippen molar-refractivity contribution in [1.29, 1.82) is 0 Å². The first-order chi connectivity index (χ1) is 13.0. The number of hydrogen-bond donors (Lipinski definition) is 2. The summed E-state index contributed by atoms with van der Waals surface area (Å²) in [6.07, 6.45) is 3.53. The zero-order valence-corrected chi connectivity index (χ0v) is 15.9. The molecule has 1 rings (SSSR count). The van der Waals surface area contributed by atoms with Gasteiger partial charge in [-0.25, -0.2) is 4.39 Å². The smallest absolute Gasteiger partial charge is 0.308 e. The van der Waals surface area contributed by atoms with Crippen LogP contribution in [-0.4, -0.2) is 37.3 Å². The van der Waals surface area contributed by atoms with E-state index in [0.29, 0.717) is 18.4 Å². The average molecular weight is 381 g/mol. The summed E-state index contributed by atoms with van der Waals surface area (Å²) in [5.41, 5.74) is 0.414. The number of hydrogen-bond acceptors (Lipinski definition) is 5. The average Bonchev–Trinajstić information content (AvgIpc) is 2.64. The molecule has 0 saturated carbocycles. The van der Waals surface area contributed by atoms with Crippen LogP contribution in [-0.2, 0) is 14.3 Å². The Labute approximate surface area is 159 Å². The topological polar surface area (TPSA) is 84.9 Å². The van der Waals surface area contributed by atoms with Crippen molar-refractivity contribution < 1.29 is 28.6 Å². The Morgan fingerprint density at radius 3 is 2.70 bits per heavy atom. The normalized spacial score (nSPS) is 12.7. The van der Waals surface area contributed by atoms with Gasteiger partial charge in [-0.3, -0.25) is 9.59 Å². The molecule has 27 heavy (non-hydrogen) atoms. The molecule has 0 aliphatic heterocycles. The summed E-state index contributed by atoms with van der Waals surface area (Å²) in [5, 5.41) is 12.2. The maximum Gasteiger partial charge on any atom is 0.308 e. The third-order valence-electron chi connectivity index (χ3n) is 4.12. The first-order valence-corrected chi connectivity index (χ1v) is 8.97. The van der Waals surface area contributed by atoms with Crippen molar-refractivity contribution in [3.63, 3.8) is 0 Å². The van der Waals surface area contributed by atoms with Crippen LogP contribution in [0.3, 0.4) is 0 Å². The van der Waals surface area contributed by atoms with Crippen molar-refractivity contribution in [3.8, 4) is 5.75 Å². The number of amides is 1. The molecular weight excluding hydrogens is 353 g/mol. The Morgan fingerprint density at radius 2 is 2.15 bits per heavy atom. The molecule has 2 N–H and O–H groups in total. The predicted molar refractivity (Wildman–Crippen MR) is 99.7 cm³/mol. The van der Waals surface area contributed by atoms with E-state index < -0.39 is 29.7 Å². The maximum atomic E-state index is 14.1. The van der Waals surface area contributed by atoms with Crippen LogP contribution in [0.1, 0.15) is 44.2 Å². The van der Waals surface area contributed by atoms with Crippen LogP contribution in [0.25, 0.3) is 0 Å². The van der Waals surface area contributed by atoms with E-state index in [1.54, 1.807) is 19.1 Å². The van der Waals surface area contributed by atoms with Gasteiger partial charge in [0.05, 0.1) is 38.7 Å². The minimum Gasteiger partial charge on any atom is -0.494 e. The quantitative estimate of drug-likeness (QED) is 0.330. The summed E-state index contributed by atoms with van der Waals surface area (Å²) in [6, 6.07) is 3.46. The number of rotatable bonds is 12. The van der Waals surface area contributed by atoms with Gasteiger partial charge in [0, 0.05) is 0 Å². The monoisotopic (exact) mass is 381 g/mol. The lowest BCUT2D eigenvalue weighted by Crippen LogP contribution is -2.36. The number of carbonyl (C=O) groups excluding carboxylic acids is 2. The molecule has 0 aromatic heterocycles. The SMILES string of the molecule is C=CCCCC(CO)C(=O)NC(CC(=O)OCC)c1ccc(OC)c(F)c1. The lowest BCUT2D eigenvalue weighted by Gasteiger charge is -2.22. The van der Waals surface area contributed by atoms with E-state index in [4.69, 9.17) is 9.47 Å².